The molecule has 4 heteroatoms. The molecule has 0 aromatic heterocycles. The van der Waals surface area contributed by atoms with Crippen LogP contribution in [0.25, 0.3) is 0 Å². The van der Waals surface area contributed by atoms with Gasteiger partial charge in [0, 0.05) is 12.5 Å². The Kier molecular flexibility index (Phi) is 3.13. The largest absolute Gasteiger partial charge is 0.444 e. The van der Waals surface area contributed by atoms with Gasteiger partial charge in [-0.2, -0.15) is 0 Å². The lowest BCUT2D eigenvalue weighted by atomic mass is 10.2. The van der Waals surface area contributed by atoms with Crippen LogP contribution in [0, 0.1) is 11.8 Å². The molecular formula is C10H17NO3. The highest BCUT2D eigenvalue weighted by atomic mass is 16.6. The molecule has 14 heavy (non-hydrogen) atoms. The Labute approximate surface area is 84.0 Å². The molecule has 80 valence electrons. The molecule has 0 saturated heterocycles. The van der Waals surface area contributed by atoms with Gasteiger partial charge in [-0.15, -0.1) is 0 Å². The van der Waals surface area contributed by atoms with E-state index in [2.05, 4.69) is 5.32 Å². The van der Waals surface area contributed by atoms with Crippen LogP contribution in [0.2, 0.25) is 0 Å². The van der Waals surface area contributed by atoms with Gasteiger partial charge in [-0.25, -0.2) is 4.79 Å². The predicted molar refractivity (Wildman–Crippen MR) is 51.9 cm³/mol. The van der Waals surface area contributed by atoms with E-state index in [1.807, 2.05) is 20.8 Å². The quantitative estimate of drug-likeness (QED) is 0.698. The fourth-order valence-electron chi connectivity index (χ4n) is 1.20. The highest BCUT2D eigenvalue weighted by molar-refractivity contribution is 5.68. The van der Waals surface area contributed by atoms with E-state index in [1.165, 1.54) is 0 Å². The van der Waals surface area contributed by atoms with E-state index in [-0.39, 0.29) is 5.92 Å². The summed E-state index contributed by atoms with van der Waals surface area (Å²) < 4.78 is 5.05. The second-order valence-corrected chi connectivity index (χ2v) is 4.68. The van der Waals surface area contributed by atoms with Crippen LogP contribution in [0.4, 0.5) is 4.79 Å². The molecule has 0 aromatic carbocycles. The standard InChI is InChI=1S/C10H17NO3/c1-10(2,3)14-9(13)11-5-7-4-8(7)6-12/h6-8H,4-5H2,1-3H3,(H,11,13)/t7-,8-/m1/s1. The van der Waals surface area contributed by atoms with Gasteiger partial charge in [-0.3, -0.25) is 0 Å². The second-order valence-electron chi connectivity index (χ2n) is 4.68. The summed E-state index contributed by atoms with van der Waals surface area (Å²) in [7, 11) is 0. The van der Waals surface area contributed by atoms with Crippen molar-refractivity contribution < 1.29 is 14.3 Å². The van der Waals surface area contributed by atoms with E-state index in [9.17, 15) is 9.59 Å². The fraction of sp³-hybridized carbons (Fsp3) is 0.800. The Morgan fingerprint density at radius 3 is 2.64 bits per heavy atom. The lowest BCUT2D eigenvalue weighted by Gasteiger charge is -2.19. The van der Waals surface area contributed by atoms with Gasteiger partial charge in [-0.05, 0) is 33.1 Å². The molecule has 1 aliphatic carbocycles. The molecule has 1 N–H and O–H groups in total. The number of aldehydes is 1. The molecule has 0 aliphatic heterocycles. The van der Waals surface area contributed by atoms with Crippen molar-refractivity contribution in [2.75, 3.05) is 6.54 Å². The maximum atomic E-state index is 11.2. The first-order valence-corrected chi connectivity index (χ1v) is 4.84. The van der Waals surface area contributed by atoms with Gasteiger partial charge in [0.25, 0.3) is 0 Å². The van der Waals surface area contributed by atoms with Gasteiger partial charge in [-0.1, -0.05) is 0 Å². The van der Waals surface area contributed by atoms with E-state index in [1.54, 1.807) is 0 Å². The third-order valence-electron chi connectivity index (χ3n) is 2.06. The lowest BCUT2D eigenvalue weighted by Crippen LogP contribution is -2.33. The fourth-order valence-corrected chi connectivity index (χ4v) is 1.20. The van der Waals surface area contributed by atoms with Crippen molar-refractivity contribution in [3.05, 3.63) is 0 Å². The molecular weight excluding hydrogens is 182 g/mol. The lowest BCUT2D eigenvalue weighted by molar-refractivity contribution is -0.109. The molecule has 1 fully saturated rings. The molecule has 0 aromatic rings. The van der Waals surface area contributed by atoms with Crippen LogP contribution in [-0.4, -0.2) is 24.5 Å². The molecule has 1 rings (SSSR count). The zero-order valence-corrected chi connectivity index (χ0v) is 8.87. The minimum absolute atomic E-state index is 0.143. The van der Waals surface area contributed by atoms with E-state index < -0.39 is 11.7 Å². The van der Waals surface area contributed by atoms with Crippen LogP contribution < -0.4 is 5.32 Å². The van der Waals surface area contributed by atoms with Gasteiger partial charge in [0.1, 0.15) is 11.9 Å². The monoisotopic (exact) mass is 199 g/mol. The first kappa shape index (κ1) is 11.0. The van der Waals surface area contributed by atoms with Crippen LogP contribution in [0.5, 0.6) is 0 Å². The highest BCUT2D eigenvalue weighted by Crippen LogP contribution is 2.35. The maximum absolute atomic E-state index is 11.2. The summed E-state index contributed by atoms with van der Waals surface area (Å²) in [5.41, 5.74) is -0.461. The minimum atomic E-state index is -0.461. The molecule has 1 amide bonds. The smallest absolute Gasteiger partial charge is 0.407 e. The zero-order chi connectivity index (χ0) is 10.8. The average Bonchev–Trinajstić information content (AvgIpc) is 2.76. The Morgan fingerprint density at radius 1 is 1.57 bits per heavy atom. The Bertz CT molecular complexity index is 232. The summed E-state index contributed by atoms with van der Waals surface area (Å²) in [6.45, 7) is 5.99. The van der Waals surface area contributed by atoms with Crippen molar-refractivity contribution in [2.24, 2.45) is 11.8 Å². The Morgan fingerprint density at radius 2 is 2.21 bits per heavy atom. The van der Waals surface area contributed by atoms with Crippen molar-refractivity contribution in [1.82, 2.24) is 5.32 Å². The Balaban J connectivity index is 2.13. The SMILES string of the molecule is CC(C)(C)OC(=O)NC[C@H]1C[C@@H]1C=O. The summed E-state index contributed by atoms with van der Waals surface area (Å²) in [6.07, 6.45) is 1.43. The summed E-state index contributed by atoms with van der Waals surface area (Å²) >= 11 is 0. The molecule has 0 spiro atoms. The van der Waals surface area contributed by atoms with Crippen LogP contribution >= 0.6 is 0 Å². The number of nitrogens with one attached hydrogen (secondary N) is 1. The van der Waals surface area contributed by atoms with Gasteiger partial charge >= 0.3 is 6.09 Å². The van der Waals surface area contributed by atoms with Crippen molar-refractivity contribution in [1.29, 1.82) is 0 Å². The predicted octanol–water partition coefficient (Wildman–Crippen LogP) is 1.35. The first-order chi connectivity index (χ1) is 6.42. The van der Waals surface area contributed by atoms with Crippen molar-refractivity contribution in [3.63, 3.8) is 0 Å². The number of hydrogen-bond donors (Lipinski definition) is 1. The molecule has 2 atom stereocenters. The molecule has 0 radical (unpaired) electrons. The van der Waals surface area contributed by atoms with Gasteiger partial charge in [0.2, 0.25) is 0 Å². The molecule has 0 unspecified atom stereocenters. The van der Waals surface area contributed by atoms with Gasteiger partial charge in [0.05, 0.1) is 0 Å². The Hall–Kier alpha value is -1.06. The van der Waals surface area contributed by atoms with Crippen LogP contribution in [-0.2, 0) is 9.53 Å². The number of carbonyl (C=O) groups excluding carboxylic acids is 2. The first-order valence-electron chi connectivity index (χ1n) is 4.84. The number of ether oxygens (including phenoxy) is 1. The average molecular weight is 199 g/mol. The van der Waals surface area contributed by atoms with Crippen LogP contribution in [0.15, 0.2) is 0 Å². The maximum Gasteiger partial charge on any atom is 0.407 e. The van der Waals surface area contributed by atoms with Crippen LogP contribution in [0.3, 0.4) is 0 Å². The summed E-state index contributed by atoms with van der Waals surface area (Å²) in [4.78, 5) is 21.5. The molecule has 4 nitrogen and oxygen atoms in total. The topological polar surface area (TPSA) is 55.4 Å². The molecule has 1 aliphatic rings. The third kappa shape index (κ3) is 3.77. The summed E-state index contributed by atoms with van der Waals surface area (Å²) in [5.74, 6) is 0.463. The number of rotatable bonds is 3. The number of alkyl carbamates (subject to hydrolysis) is 1. The van der Waals surface area contributed by atoms with Crippen molar-refractivity contribution in [2.45, 2.75) is 32.8 Å². The normalized spacial score (nSPS) is 25.4. The highest BCUT2D eigenvalue weighted by Gasteiger charge is 2.36. The second kappa shape index (κ2) is 3.98. The number of carbonyl (C=O) groups is 2. The number of amides is 1. The molecule has 0 heterocycles. The molecule has 0 bridgehead atoms. The number of hydrogen-bond acceptors (Lipinski definition) is 3. The van der Waals surface area contributed by atoms with E-state index in [4.69, 9.17) is 4.74 Å². The molecule has 1 saturated carbocycles. The van der Waals surface area contributed by atoms with E-state index in [0.717, 1.165) is 12.7 Å². The summed E-state index contributed by atoms with van der Waals surface area (Å²) in [6, 6.07) is 0. The van der Waals surface area contributed by atoms with Gasteiger partial charge < -0.3 is 14.8 Å². The van der Waals surface area contributed by atoms with Gasteiger partial charge in [0.15, 0.2) is 0 Å². The van der Waals surface area contributed by atoms with E-state index >= 15 is 0 Å². The van der Waals surface area contributed by atoms with Crippen molar-refractivity contribution >= 4 is 12.4 Å². The van der Waals surface area contributed by atoms with Crippen LogP contribution in [0.1, 0.15) is 27.2 Å². The van der Waals surface area contributed by atoms with Crippen molar-refractivity contribution in [3.8, 4) is 0 Å². The third-order valence-corrected chi connectivity index (χ3v) is 2.06. The summed E-state index contributed by atoms with van der Waals surface area (Å²) in [5, 5.41) is 2.65. The zero-order valence-electron chi connectivity index (χ0n) is 8.87. The van der Waals surface area contributed by atoms with E-state index in [0.29, 0.717) is 12.5 Å². The minimum Gasteiger partial charge on any atom is -0.444 e.